The molecule has 3 heterocycles. The zero-order valence-electron chi connectivity index (χ0n) is 12.5. The van der Waals surface area contributed by atoms with E-state index in [9.17, 15) is 5.11 Å². The number of aliphatic hydroxyl groups excluding tert-OH is 1. The fourth-order valence-electron chi connectivity index (χ4n) is 3.04. The molecule has 0 radical (unpaired) electrons. The van der Waals surface area contributed by atoms with Crippen LogP contribution in [-0.4, -0.2) is 49.5 Å². The van der Waals surface area contributed by atoms with E-state index in [1.165, 1.54) is 5.69 Å². The molecule has 1 aromatic rings. The van der Waals surface area contributed by atoms with Crippen LogP contribution in [0.15, 0.2) is 18.3 Å². The van der Waals surface area contributed by atoms with E-state index >= 15 is 0 Å². The predicted molar refractivity (Wildman–Crippen MR) is 83.7 cm³/mol. The van der Waals surface area contributed by atoms with Crippen molar-refractivity contribution in [3.8, 4) is 0 Å². The predicted octanol–water partition coefficient (Wildman–Crippen LogP) is 1.74. The first-order chi connectivity index (χ1) is 10.3. The molecule has 21 heavy (non-hydrogen) atoms. The molecule has 0 aliphatic carbocycles. The van der Waals surface area contributed by atoms with Crippen LogP contribution in [0.4, 0.5) is 11.5 Å². The Bertz CT molecular complexity index is 424. The Kier molecular flexibility index (Phi) is 4.93. The molecule has 0 unspecified atom stereocenters. The van der Waals surface area contributed by atoms with Crippen LogP contribution in [0.3, 0.4) is 0 Å². The number of nitrogens with zero attached hydrogens (tertiary/aromatic N) is 2. The zero-order chi connectivity index (χ0) is 14.5. The zero-order valence-corrected chi connectivity index (χ0v) is 12.5. The molecule has 2 aliphatic heterocycles. The topological polar surface area (TPSA) is 57.6 Å². The molecule has 0 amide bonds. The second-order valence-electron chi connectivity index (χ2n) is 6.13. The fourth-order valence-corrected chi connectivity index (χ4v) is 3.04. The van der Waals surface area contributed by atoms with Gasteiger partial charge in [-0.15, -0.1) is 0 Å². The van der Waals surface area contributed by atoms with Crippen molar-refractivity contribution in [2.45, 2.75) is 19.3 Å². The standard InChI is InChI=1S/C16H25N3O2/c20-11-13-3-6-19(7-4-13)15-1-2-16(18-10-15)17-9-14-5-8-21-12-14/h1-2,10,13-14,20H,3-9,11-12H2,(H,17,18)/t14-/m0/s1. The van der Waals surface area contributed by atoms with E-state index < -0.39 is 0 Å². The summed E-state index contributed by atoms with van der Waals surface area (Å²) in [5.41, 5.74) is 1.18. The van der Waals surface area contributed by atoms with Crippen molar-refractivity contribution in [3.63, 3.8) is 0 Å². The average Bonchev–Trinajstić information content (AvgIpc) is 3.07. The monoisotopic (exact) mass is 291 g/mol. The molecule has 5 nitrogen and oxygen atoms in total. The smallest absolute Gasteiger partial charge is 0.126 e. The first kappa shape index (κ1) is 14.6. The lowest BCUT2D eigenvalue weighted by Gasteiger charge is -2.32. The normalized spacial score (nSPS) is 23.5. The van der Waals surface area contributed by atoms with Crippen LogP contribution >= 0.6 is 0 Å². The van der Waals surface area contributed by atoms with Gasteiger partial charge in [-0.25, -0.2) is 4.98 Å². The van der Waals surface area contributed by atoms with Crippen LogP contribution in [-0.2, 0) is 4.74 Å². The van der Waals surface area contributed by atoms with Crippen molar-refractivity contribution >= 4 is 11.5 Å². The molecule has 0 aromatic carbocycles. The number of pyridine rings is 1. The molecular weight excluding hydrogens is 266 g/mol. The highest BCUT2D eigenvalue weighted by Gasteiger charge is 2.19. The number of piperidine rings is 1. The minimum atomic E-state index is 0.319. The second-order valence-corrected chi connectivity index (χ2v) is 6.13. The van der Waals surface area contributed by atoms with Gasteiger partial charge in [0.25, 0.3) is 0 Å². The van der Waals surface area contributed by atoms with Gasteiger partial charge in [-0.1, -0.05) is 0 Å². The molecule has 1 aromatic heterocycles. The van der Waals surface area contributed by atoms with Crippen molar-refractivity contribution in [1.29, 1.82) is 0 Å². The summed E-state index contributed by atoms with van der Waals surface area (Å²) in [4.78, 5) is 6.87. The summed E-state index contributed by atoms with van der Waals surface area (Å²) in [6, 6.07) is 4.20. The maximum Gasteiger partial charge on any atom is 0.126 e. The number of ether oxygens (including phenoxy) is 1. The molecule has 2 fully saturated rings. The van der Waals surface area contributed by atoms with Crippen LogP contribution in [0, 0.1) is 11.8 Å². The van der Waals surface area contributed by atoms with E-state index in [1.807, 2.05) is 6.20 Å². The van der Waals surface area contributed by atoms with Crippen molar-refractivity contribution in [1.82, 2.24) is 4.98 Å². The van der Waals surface area contributed by atoms with Crippen LogP contribution in [0.1, 0.15) is 19.3 Å². The van der Waals surface area contributed by atoms with E-state index in [0.717, 1.165) is 57.9 Å². The number of rotatable bonds is 5. The van der Waals surface area contributed by atoms with Gasteiger partial charge < -0.3 is 20.1 Å². The Labute approximate surface area is 126 Å². The highest BCUT2D eigenvalue weighted by Crippen LogP contribution is 2.23. The molecule has 2 saturated heterocycles. The Morgan fingerprint density at radius 1 is 1.24 bits per heavy atom. The number of aromatic nitrogens is 1. The number of hydrogen-bond acceptors (Lipinski definition) is 5. The maximum atomic E-state index is 9.19. The third-order valence-corrected chi connectivity index (χ3v) is 4.58. The lowest BCUT2D eigenvalue weighted by molar-refractivity contribution is 0.187. The van der Waals surface area contributed by atoms with E-state index in [-0.39, 0.29) is 0 Å². The summed E-state index contributed by atoms with van der Waals surface area (Å²) in [5, 5.41) is 12.6. The highest BCUT2D eigenvalue weighted by atomic mass is 16.5. The summed E-state index contributed by atoms with van der Waals surface area (Å²) in [7, 11) is 0. The van der Waals surface area contributed by atoms with Gasteiger partial charge >= 0.3 is 0 Å². The molecular formula is C16H25N3O2. The van der Waals surface area contributed by atoms with E-state index in [0.29, 0.717) is 18.4 Å². The average molecular weight is 291 g/mol. The van der Waals surface area contributed by atoms with E-state index in [4.69, 9.17) is 4.74 Å². The fraction of sp³-hybridized carbons (Fsp3) is 0.688. The van der Waals surface area contributed by atoms with Crippen LogP contribution in [0.25, 0.3) is 0 Å². The Morgan fingerprint density at radius 2 is 2.10 bits per heavy atom. The van der Waals surface area contributed by atoms with Gasteiger partial charge in [-0.3, -0.25) is 0 Å². The molecule has 0 spiro atoms. The molecule has 1 atom stereocenters. The van der Waals surface area contributed by atoms with Crippen molar-refractivity contribution in [2.24, 2.45) is 11.8 Å². The third kappa shape index (κ3) is 3.86. The van der Waals surface area contributed by atoms with Crippen molar-refractivity contribution in [3.05, 3.63) is 18.3 Å². The SMILES string of the molecule is OCC1CCN(c2ccc(NC[C@@H]3CCOC3)nc2)CC1. The third-order valence-electron chi connectivity index (χ3n) is 4.58. The van der Waals surface area contributed by atoms with Gasteiger partial charge in [0.15, 0.2) is 0 Å². The molecule has 116 valence electrons. The lowest BCUT2D eigenvalue weighted by Crippen LogP contribution is -2.34. The summed E-state index contributed by atoms with van der Waals surface area (Å²) in [5.74, 6) is 2.03. The largest absolute Gasteiger partial charge is 0.396 e. The summed E-state index contributed by atoms with van der Waals surface area (Å²) in [6.07, 6.45) is 5.23. The van der Waals surface area contributed by atoms with Gasteiger partial charge in [-0.2, -0.15) is 0 Å². The first-order valence-electron chi connectivity index (χ1n) is 7.98. The van der Waals surface area contributed by atoms with Crippen LogP contribution in [0.5, 0.6) is 0 Å². The van der Waals surface area contributed by atoms with Crippen molar-refractivity contribution in [2.75, 3.05) is 49.7 Å². The van der Waals surface area contributed by atoms with Crippen LogP contribution < -0.4 is 10.2 Å². The summed E-state index contributed by atoms with van der Waals surface area (Å²) < 4.78 is 5.38. The summed E-state index contributed by atoms with van der Waals surface area (Å²) >= 11 is 0. The van der Waals surface area contributed by atoms with Gasteiger partial charge in [0, 0.05) is 38.8 Å². The van der Waals surface area contributed by atoms with E-state index in [2.05, 4.69) is 27.3 Å². The van der Waals surface area contributed by atoms with Gasteiger partial charge in [0.1, 0.15) is 5.82 Å². The molecule has 0 saturated carbocycles. The number of aliphatic hydroxyl groups is 1. The molecule has 5 heteroatoms. The van der Waals surface area contributed by atoms with Gasteiger partial charge in [0.05, 0.1) is 18.5 Å². The lowest BCUT2D eigenvalue weighted by atomic mass is 9.98. The van der Waals surface area contributed by atoms with E-state index in [1.54, 1.807) is 0 Å². The first-order valence-corrected chi connectivity index (χ1v) is 7.98. The minimum absolute atomic E-state index is 0.319. The van der Waals surface area contributed by atoms with Crippen molar-refractivity contribution < 1.29 is 9.84 Å². The Hall–Kier alpha value is -1.33. The maximum absolute atomic E-state index is 9.19. The molecule has 3 rings (SSSR count). The molecule has 2 N–H and O–H groups in total. The number of hydrogen-bond donors (Lipinski definition) is 2. The van der Waals surface area contributed by atoms with Gasteiger partial charge in [0.2, 0.25) is 0 Å². The van der Waals surface area contributed by atoms with Gasteiger partial charge in [-0.05, 0) is 37.3 Å². The quantitative estimate of drug-likeness (QED) is 0.865. The minimum Gasteiger partial charge on any atom is -0.396 e. The second kappa shape index (κ2) is 7.09. The number of anilines is 2. The molecule has 0 bridgehead atoms. The van der Waals surface area contributed by atoms with Crippen LogP contribution in [0.2, 0.25) is 0 Å². The molecule has 2 aliphatic rings. The highest BCUT2D eigenvalue weighted by molar-refractivity contribution is 5.49. The Morgan fingerprint density at radius 3 is 2.71 bits per heavy atom. The number of nitrogens with one attached hydrogen (secondary N) is 1. The summed E-state index contributed by atoms with van der Waals surface area (Å²) in [6.45, 7) is 5.04. The Balaban J connectivity index is 1.49.